The maximum absolute atomic E-state index is 12.7. The van der Waals surface area contributed by atoms with Crippen molar-refractivity contribution in [3.8, 4) is 0 Å². The summed E-state index contributed by atoms with van der Waals surface area (Å²) in [6.07, 6.45) is 41.1. The average Bonchev–Trinajstić information content (AvgIpc) is 3.15. The minimum Gasteiger partial charge on any atom is -0.462 e. The van der Waals surface area contributed by atoms with Gasteiger partial charge in [0, 0.05) is 12.8 Å². The first-order chi connectivity index (χ1) is 27.0. The summed E-state index contributed by atoms with van der Waals surface area (Å²) in [6.45, 7) is 4.44. The molecular formula is C46H91NO8P+. The lowest BCUT2D eigenvalue weighted by molar-refractivity contribution is -0.870. The Bertz CT molecular complexity index is 969. The van der Waals surface area contributed by atoms with E-state index in [1.54, 1.807) is 0 Å². The summed E-state index contributed by atoms with van der Waals surface area (Å²) in [5, 5.41) is 0. The summed E-state index contributed by atoms with van der Waals surface area (Å²) >= 11 is 0. The molecule has 0 fully saturated rings. The molecule has 0 amide bonds. The zero-order valence-corrected chi connectivity index (χ0v) is 38.3. The van der Waals surface area contributed by atoms with Crippen molar-refractivity contribution in [3.05, 3.63) is 12.2 Å². The first kappa shape index (κ1) is 54.8. The zero-order chi connectivity index (χ0) is 41.4. The number of unbranched alkanes of at least 4 members (excludes halogenated alkanes) is 27. The summed E-state index contributed by atoms with van der Waals surface area (Å²) in [5.74, 6) is -0.789. The Balaban J connectivity index is 4.29. The van der Waals surface area contributed by atoms with Crippen LogP contribution in [0, 0.1) is 0 Å². The fraction of sp³-hybridized carbons (Fsp3) is 0.913. The average molecular weight is 817 g/mol. The molecule has 0 aromatic heterocycles. The van der Waals surface area contributed by atoms with Crippen LogP contribution in [0.25, 0.3) is 0 Å². The van der Waals surface area contributed by atoms with Crippen molar-refractivity contribution in [2.24, 2.45) is 0 Å². The molecule has 0 spiro atoms. The molecule has 9 nitrogen and oxygen atoms in total. The van der Waals surface area contributed by atoms with Crippen LogP contribution in [0.1, 0.15) is 219 Å². The molecule has 0 rings (SSSR count). The molecule has 0 saturated carbocycles. The highest BCUT2D eigenvalue weighted by atomic mass is 31.2. The molecule has 10 heteroatoms. The number of ether oxygens (including phenoxy) is 2. The van der Waals surface area contributed by atoms with E-state index in [1.807, 2.05) is 21.1 Å². The second kappa shape index (κ2) is 39.2. The molecule has 0 aromatic carbocycles. The Labute approximate surface area is 346 Å². The number of allylic oxidation sites excluding steroid dienone is 2. The van der Waals surface area contributed by atoms with Gasteiger partial charge >= 0.3 is 19.8 Å². The van der Waals surface area contributed by atoms with Crippen molar-refractivity contribution in [2.45, 2.75) is 225 Å². The van der Waals surface area contributed by atoms with Crippen LogP contribution in [0.15, 0.2) is 12.2 Å². The Kier molecular flexibility index (Phi) is 38.3. The molecule has 0 heterocycles. The number of esters is 2. The molecule has 1 unspecified atom stereocenters. The van der Waals surface area contributed by atoms with Crippen molar-refractivity contribution in [3.63, 3.8) is 0 Å². The van der Waals surface area contributed by atoms with Crippen molar-refractivity contribution in [2.75, 3.05) is 47.5 Å². The van der Waals surface area contributed by atoms with E-state index in [1.165, 1.54) is 154 Å². The molecule has 0 radical (unpaired) electrons. The van der Waals surface area contributed by atoms with E-state index in [9.17, 15) is 19.0 Å². The topological polar surface area (TPSA) is 108 Å². The van der Waals surface area contributed by atoms with Crippen LogP contribution in [-0.2, 0) is 32.7 Å². The Morgan fingerprint density at radius 2 is 0.911 bits per heavy atom. The number of rotatable bonds is 43. The van der Waals surface area contributed by atoms with Crippen LogP contribution in [0.2, 0.25) is 0 Å². The normalized spacial score (nSPS) is 13.6. The molecule has 0 aliphatic heterocycles. The molecule has 0 saturated heterocycles. The van der Waals surface area contributed by atoms with E-state index in [0.29, 0.717) is 23.9 Å². The molecule has 0 aliphatic carbocycles. The quantitative estimate of drug-likeness (QED) is 0.0213. The molecular weight excluding hydrogens is 725 g/mol. The van der Waals surface area contributed by atoms with Gasteiger partial charge in [-0.25, -0.2) is 4.57 Å². The summed E-state index contributed by atoms with van der Waals surface area (Å²) in [7, 11) is 1.49. The predicted octanol–water partition coefficient (Wildman–Crippen LogP) is 13.4. The van der Waals surface area contributed by atoms with Crippen LogP contribution in [0.4, 0.5) is 0 Å². The van der Waals surface area contributed by atoms with E-state index in [0.717, 1.165) is 32.1 Å². The maximum atomic E-state index is 12.7. The first-order valence-corrected chi connectivity index (χ1v) is 24.9. The lowest BCUT2D eigenvalue weighted by Gasteiger charge is -2.24. The van der Waals surface area contributed by atoms with Gasteiger partial charge in [-0.15, -0.1) is 0 Å². The standard InChI is InChI=1S/C46H90NO8P/c1-6-8-10-12-14-16-18-20-22-23-25-27-29-31-33-35-37-39-46(49)55-44(43-54-56(50,51)53-41-40-47(3,4)5)42-52-45(48)38-36-34-32-30-28-26-24-21-19-17-15-13-11-9-7-2/h16,18,44H,6-15,17,19-43H2,1-5H3/p+1/b18-16+/t44-/m1/s1. The lowest BCUT2D eigenvalue weighted by Crippen LogP contribution is -2.37. The first-order valence-electron chi connectivity index (χ1n) is 23.4. The van der Waals surface area contributed by atoms with Gasteiger partial charge in [-0.05, 0) is 38.5 Å². The summed E-state index contributed by atoms with van der Waals surface area (Å²) < 4.78 is 34.4. The fourth-order valence-electron chi connectivity index (χ4n) is 6.60. The predicted molar refractivity (Wildman–Crippen MR) is 234 cm³/mol. The number of hydrogen-bond donors (Lipinski definition) is 1. The molecule has 0 aliphatic rings. The third-order valence-electron chi connectivity index (χ3n) is 10.3. The van der Waals surface area contributed by atoms with Gasteiger partial charge in [0.1, 0.15) is 19.8 Å². The fourth-order valence-corrected chi connectivity index (χ4v) is 7.34. The van der Waals surface area contributed by atoms with Gasteiger partial charge < -0.3 is 18.9 Å². The van der Waals surface area contributed by atoms with Gasteiger partial charge in [-0.1, -0.05) is 180 Å². The second-order valence-corrected chi connectivity index (χ2v) is 18.6. The molecule has 56 heavy (non-hydrogen) atoms. The van der Waals surface area contributed by atoms with Gasteiger partial charge in [-0.3, -0.25) is 18.6 Å². The number of phosphoric acid groups is 1. The van der Waals surface area contributed by atoms with Gasteiger partial charge in [-0.2, -0.15) is 0 Å². The van der Waals surface area contributed by atoms with E-state index in [2.05, 4.69) is 26.0 Å². The van der Waals surface area contributed by atoms with Crippen LogP contribution >= 0.6 is 7.82 Å². The van der Waals surface area contributed by atoms with Crippen LogP contribution in [-0.4, -0.2) is 74.9 Å². The van der Waals surface area contributed by atoms with Crippen LogP contribution < -0.4 is 0 Å². The number of quaternary nitrogens is 1. The van der Waals surface area contributed by atoms with Gasteiger partial charge in [0.05, 0.1) is 27.7 Å². The van der Waals surface area contributed by atoms with Crippen molar-refractivity contribution in [1.29, 1.82) is 0 Å². The SMILES string of the molecule is CCCCCC/C=C/CCCCCCCCCCCC(=O)O[C@H](COC(=O)CCCCCCCCCCCCCCCCC)COP(=O)(O)OCC[N+](C)(C)C. The Hall–Kier alpha value is -1.25. The third-order valence-corrected chi connectivity index (χ3v) is 11.3. The second-order valence-electron chi connectivity index (χ2n) is 17.1. The third kappa shape index (κ3) is 42.4. The summed E-state index contributed by atoms with van der Waals surface area (Å²) in [6, 6.07) is 0. The minimum absolute atomic E-state index is 0.0346. The number of nitrogens with zero attached hydrogens (tertiary/aromatic N) is 1. The largest absolute Gasteiger partial charge is 0.472 e. The highest BCUT2D eigenvalue weighted by molar-refractivity contribution is 7.47. The minimum atomic E-state index is -4.37. The highest BCUT2D eigenvalue weighted by Gasteiger charge is 2.27. The molecule has 2 atom stereocenters. The monoisotopic (exact) mass is 817 g/mol. The van der Waals surface area contributed by atoms with E-state index in [-0.39, 0.29) is 25.6 Å². The van der Waals surface area contributed by atoms with E-state index in [4.69, 9.17) is 18.5 Å². The molecule has 0 aromatic rings. The van der Waals surface area contributed by atoms with Gasteiger partial charge in [0.25, 0.3) is 0 Å². The molecule has 332 valence electrons. The highest BCUT2D eigenvalue weighted by Crippen LogP contribution is 2.43. The summed E-state index contributed by atoms with van der Waals surface area (Å²) in [4.78, 5) is 35.4. The number of likely N-dealkylation sites (N-methyl/N-ethyl adjacent to an activating group) is 1. The Morgan fingerprint density at radius 3 is 1.34 bits per heavy atom. The van der Waals surface area contributed by atoms with E-state index >= 15 is 0 Å². The molecule has 1 N–H and O–H groups in total. The van der Waals surface area contributed by atoms with Gasteiger partial charge in [0.2, 0.25) is 0 Å². The number of carbonyl (C=O) groups excluding carboxylic acids is 2. The lowest BCUT2D eigenvalue weighted by atomic mass is 10.0. The Morgan fingerprint density at radius 1 is 0.536 bits per heavy atom. The van der Waals surface area contributed by atoms with Gasteiger partial charge in [0.15, 0.2) is 6.10 Å². The van der Waals surface area contributed by atoms with Crippen molar-refractivity contribution >= 4 is 19.8 Å². The zero-order valence-electron chi connectivity index (χ0n) is 37.4. The van der Waals surface area contributed by atoms with Crippen LogP contribution in [0.3, 0.4) is 0 Å². The molecule has 0 bridgehead atoms. The number of phosphoric ester groups is 1. The number of hydrogen-bond acceptors (Lipinski definition) is 7. The smallest absolute Gasteiger partial charge is 0.462 e. The van der Waals surface area contributed by atoms with Crippen molar-refractivity contribution < 1.29 is 42.1 Å². The maximum Gasteiger partial charge on any atom is 0.472 e. The number of carbonyl (C=O) groups is 2. The summed E-state index contributed by atoms with van der Waals surface area (Å²) in [5.41, 5.74) is 0. The van der Waals surface area contributed by atoms with E-state index < -0.39 is 26.5 Å². The van der Waals surface area contributed by atoms with Crippen LogP contribution in [0.5, 0.6) is 0 Å². The van der Waals surface area contributed by atoms with Crippen molar-refractivity contribution in [1.82, 2.24) is 0 Å².